The Kier molecular flexibility index (Phi) is 8.81. The number of rotatable bonds is 6. The highest BCUT2D eigenvalue weighted by molar-refractivity contribution is 7.85. The van der Waals surface area contributed by atoms with Gasteiger partial charge in [0, 0.05) is 42.1 Å². The largest absolute Gasteiger partial charge is 0.361 e. The van der Waals surface area contributed by atoms with Crippen molar-refractivity contribution in [1.82, 2.24) is 25.0 Å². The number of benzene rings is 1. The minimum atomic E-state index is -3.66. The molecule has 1 aromatic heterocycles. The zero-order chi connectivity index (χ0) is 34.9. The molecule has 14 heteroatoms. The van der Waals surface area contributed by atoms with E-state index in [0.717, 1.165) is 29.5 Å². The third-order valence-corrected chi connectivity index (χ3v) is 11.3. The second-order valence-electron chi connectivity index (χ2n) is 14.5. The van der Waals surface area contributed by atoms with E-state index in [4.69, 9.17) is 9.29 Å². The number of carbonyl (C=O) groups excluding carboxylic acids is 3. The van der Waals surface area contributed by atoms with Crippen LogP contribution in [0.25, 0.3) is 16.5 Å². The first-order valence-corrected chi connectivity index (χ1v) is 18.5. The number of aromatic nitrogens is 1. The van der Waals surface area contributed by atoms with E-state index in [9.17, 15) is 27.9 Å². The van der Waals surface area contributed by atoms with Crippen molar-refractivity contribution in [3.63, 3.8) is 0 Å². The fourth-order valence-corrected chi connectivity index (χ4v) is 8.10. The molecule has 3 fully saturated rings. The van der Waals surface area contributed by atoms with Crippen LogP contribution >= 0.6 is 0 Å². The standard InChI is InChI=1S/C32H41N5O5.C2H6O3S/c1-17(2)12-25-29(39)36-11-7-10-26(36)32(41)37(25)30(40)31(42-32,18(3)4)34-28(38)20-13-22-21-8-6-9-23-27(21)19(15-33-23)14-24(22)35(5)16-20;1-2-6(3,4)5/h6,8-9,13,15,17-18,20,24-26,33,41H,7,10-12,14,16H2,1-5H3,(H,34,38);2H2,1H3,(H,3,4,5)/t20-,24-,25+,26+,31-,32+;/m1./s1. The van der Waals surface area contributed by atoms with E-state index in [1.807, 2.05) is 46.9 Å². The van der Waals surface area contributed by atoms with Crippen molar-refractivity contribution in [2.24, 2.45) is 17.8 Å². The number of fused-ring (bicyclic) bond motifs is 5. The summed E-state index contributed by atoms with van der Waals surface area (Å²) in [6.45, 7) is 9.97. The summed E-state index contributed by atoms with van der Waals surface area (Å²) in [5, 5.41) is 16.3. The normalized spacial score (nSPS) is 31.4. The van der Waals surface area contributed by atoms with Crippen LogP contribution in [0.2, 0.25) is 0 Å². The smallest absolute Gasteiger partial charge is 0.281 e. The van der Waals surface area contributed by atoms with Crippen LogP contribution < -0.4 is 5.32 Å². The number of amides is 3. The molecule has 2 aromatic rings. The van der Waals surface area contributed by atoms with Crippen LogP contribution in [0.4, 0.5) is 0 Å². The molecule has 262 valence electrons. The predicted molar refractivity (Wildman–Crippen MR) is 179 cm³/mol. The van der Waals surface area contributed by atoms with Crippen LogP contribution in [0, 0.1) is 17.8 Å². The quantitative estimate of drug-likeness (QED) is 0.333. The highest BCUT2D eigenvalue weighted by atomic mass is 32.2. The number of piperazine rings is 1. The Morgan fingerprint density at radius 2 is 1.92 bits per heavy atom. The van der Waals surface area contributed by atoms with E-state index < -0.39 is 51.6 Å². The van der Waals surface area contributed by atoms with Crippen LogP contribution in [0.3, 0.4) is 0 Å². The first kappa shape index (κ1) is 34.6. The Bertz CT molecular complexity index is 1770. The number of nitrogens with zero attached hydrogens (tertiary/aromatic N) is 3. The maximum absolute atomic E-state index is 14.4. The molecule has 0 unspecified atom stereocenters. The lowest BCUT2D eigenvalue weighted by Crippen LogP contribution is -2.71. The summed E-state index contributed by atoms with van der Waals surface area (Å²) in [5.41, 5.74) is 2.79. The SMILES string of the molecule is CC(C)C[C@H]1C(=O)N2CCC[C@H]2[C@]2(O)O[C@](NC(=O)[C@@H]3C=C4c5cccc6[nH]cc(c56)C[C@H]4N(C)C3)(C(C)C)C(=O)N12.CCS(=O)(=O)O. The Balaban J connectivity index is 0.000000615. The number of nitrogens with one attached hydrogen (secondary N) is 2. The van der Waals surface area contributed by atoms with Crippen LogP contribution in [0.15, 0.2) is 30.5 Å². The zero-order valence-electron chi connectivity index (χ0n) is 28.4. The molecular formula is C34H47N5O8S. The van der Waals surface area contributed by atoms with Crippen molar-refractivity contribution < 1.29 is 37.2 Å². The van der Waals surface area contributed by atoms with E-state index in [1.165, 1.54) is 22.8 Å². The van der Waals surface area contributed by atoms with E-state index in [1.54, 1.807) is 4.90 Å². The maximum Gasteiger partial charge on any atom is 0.281 e. The highest BCUT2D eigenvalue weighted by Gasteiger charge is 2.72. The van der Waals surface area contributed by atoms with Gasteiger partial charge in [-0.3, -0.25) is 33.5 Å². The first-order chi connectivity index (χ1) is 22.5. The van der Waals surface area contributed by atoms with Gasteiger partial charge in [0.25, 0.3) is 21.9 Å². The van der Waals surface area contributed by atoms with Gasteiger partial charge in [0.15, 0.2) is 0 Å². The molecule has 4 aliphatic heterocycles. The van der Waals surface area contributed by atoms with Gasteiger partial charge in [-0.1, -0.05) is 45.9 Å². The van der Waals surface area contributed by atoms with Gasteiger partial charge in [-0.15, -0.1) is 0 Å². The van der Waals surface area contributed by atoms with Gasteiger partial charge in [0.2, 0.25) is 17.5 Å². The average molecular weight is 686 g/mol. The number of hydrogen-bond donors (Lipinski definition) is 4. The fraction of sp³-hybridized carbons (Fsp3) is 0.618. The summed E-state index contributed by atoms with van der Waals surface area (Å²) < 4.78 is 33.3. The molecule has 48 heavy (non-hydrogen) atoms. The Hall–Kier alpha value is -3.30. The number of aromatic amines is 1. The number of aliphatic hydroxyl groups is 1. The summed E-state index contributed by atoms with van der Waals surface area (Å²) in [6.07, 6.45) is 6.62. The Morgan fingerprint density at radius 3 is 2.56 bits per heavy atom. The third kappa shape index (κ3) is 5.55. The van der Waals surface area contributed by atoms with Crippen LogP contribution in [-0.2, 0) is 35.7 Å². The van der Waals surface area contributed by atoms with Gasteiger partial charge in [0.05, 0.1) is 11.7 Å². The van der Waals surface area contributed by atoms with Gasteiger partial charge in [-0.25, -0.2) is 0 Å². The van der Waals surface area contributed by atoms with Crippen LogP contribution in [0.5, 0.6) is 0 Å². The van der Waals surface area contributed by atoms with Crippen molar-refractivity contribution in [1.29, 1.82) is 0 Å². The van der Waals surface area contributed by atoms with Gasteiger partial charge < -0.3 is 20.3 Å². The highest BCUT2D eigenvalue weighted by Crippen LogP contribution is 2.48. The summed E-state index contributed by atoms with van der Waals surface area (Å²) in [7, 11) is -1.63. The molecule has 6 atom stereocenters. The lowest BCUT2D eigenvalue weighted by Gasteiger charge is -2.49. The van der Waals surface area contributed by atoms with E-state index >= 15 is 0 Å². The minimum absolute atomic E-state index is 0.108. The summed E-state index contributed by atoms with van der Waals surface area (Å²) in [5.74, 6) is -4.17. The molecule has 4 N–H and O–H groups in total. The number of likely N-dealkylation sites (N-methyl/N-ethyl adjacent to an activating group) is 1. The topological polar surface area (TPSA) is 173 Å². The summed E-state index contributed by atoms with van der Waals surface area (Å²) >= 11 is 0. The predicted octanol–water partition coefficient (Wildman–Crippen LogP) is 2.32. The molecule has 7 rings (SSSR count). The molecule has 13 nitrogen and oxygen atoms in total. The van der Waals surface area contributed by atoms with Crippen LogP contribution in [0.1, 0.15) is 65.0 Å². The molecule has 1 aliphatic carbocycles. The molecule has 5 aliphatic rings. The van der Waals surface area contributed by atoms with E-state index in [-0.39, 0.29) is 29.5 Å². The summed E-state index contributed by atoms with van der Waals surface area (Å²) in [4.78, 5) is 50.7. The van der Waals surface area contributed by atoms with E-state index in [0.29, 0.717) is 25.9 Å². The zero-order valence-corrected chi connectivity index (χ0v) is 29.2. The number of hydrogen-bond acceptors (Lipinski definition) is 8. The Morgan fingerprint density at radius 1 is 1.21 bits per heavy atom. The second-order valence-corrected chi connectivity index (χ2v) is 16.2. The molecule has 0 saturated carbocycles. The average Bonchev–Trinajstić information content (AvgIpc) is 3.73. The van der Waals surface area contributed by atoms with Crippen molar-refractivity contribution in [3.05, 3.63) is 41.6 Å². The van der Waals surface area contributed by atoms with Crippen molar-refractivity contribution >= 4 is 44.3 Å². The second kappa shape index (κ2) is 12.2. The minimum Gasteiger partial charge on any atom is -0.361 e. The van der Waals surface area contributed by atoms with Gasteiger partial charge in [-0.05, 0) is 68.3 Å². The van der Waals surface area contributed by atoms with Crippen molar-refractivity contribution in [2.75, 3.05) is 25.9 Å². The maximum atomic E-state index is 14.4. The third-order valence-electron chi connectivity index (χ3n) is 10.5. The molecule has 3 amide bonds. The van der Waals surface area contributed by atoms with Gasteiger partial charge in [0.1, 0.15) is 12.1 Å². The first-order valence-electron chi connectivity index (χ1n) is 16.9. The molecule has 5 heterocycles. The van der Waals surface area contributed by atoms with Crippen molar-refractivity contribution in [2.45, 2.75) is 90.1 Å². The van der Waals surface area contributed by atoms with Crippen molar-refractivity contribution in [3.8, 4) is 0 Å². The number of ether oxygens (including phenoxy) is 1. The lowest BCUT2D eigenvalue weighted by molar-refractivity contribution is -0.322. The van der Waals surface area contributed by atoms with Gasteiger partial charge in [-0.2, -0.15) is 8.42 Å². The molecule has 1 aromatic carbocycles. The van der Waals surface area contributed by atoms with Crippen LogP contribution in [-0.4, -0.2) is 111 Å². The lowest BCUT2D eigenvalue weighted by atomic mass is 9.79. The summed E-state index contributed by atoms with van der Waals surface area (Å²) in [6, 6.07) is 4.84. The Labute approximate surface area is 281 Å². The monoisotopic (exact) mass is 685 g/mol. The number of H-pyrrole nitrogens is 1. The molecule has 0 bridgehead atoms. The molecule has 0 radical (unpaired) electrons. The number of carbonyl (C=O) groups is 3. The van der Waals surface area contributed by atoms with E-state index in [2.05, 4.69) is 33.5 Å². The molecule has 3 saturated heterocycles. The molecule has 0 spiro atoms. The van der Waals surface area contributed by atoms with Gasteiger partial charge >= 0.3 is 0 Å². The fourth-order valence-electron chi connectivity index (χ4n) is 8.10. The molecular weight excluding hydrogens is 638 g/mol.